The summed E-state index contributed by atoms with van der Waals surface area (Å²) in [6.07, 6.45) is -2.66. The van der Waals surface area contributed by atoms with Gasteiger partial charge in [-0.15, -0.1) is 0 Å². The molecule has 1 amide bonds. The van der Waals surface area contributed by atoms with Crippen LogP contribution in [0.2, 0.25) is 10.0 Å². The maximum absolute atomic E-state index is 13.3. The Kier molecular flexibility index (Phi) is 5.11. The van der Waals surface area contributed by atoms with Gasteiger partial charge in [0.1, 0.15) is 6.54 Å². The summed E-state index contributed by atoms with van der Waals surface area (Å²) in [5, 5.41) is 7.85. The number of aryl methyl sites for hydroxylation is 2. The van der Waals surface area contributed by atoms with Crippen molar-refractivity contribution < 1.29 is 13.6 Å². The van der Waals surface area contributed by atoms with Gasteiger partial charge in [-0.25, -0.2) is 18.4 Å². The van der Waals surface area contributed by atoms with Crippen LogP contribution >= 0.6 is 23.2 Å². The van der Waals surface area contributed by atoms with E-state index in [2.05, 4.69) is 15.4 Å². The zero-order valence-corrected chi connectivity index (χ0v) is 15.4. The molecule has 26 heavy (non-hydrogen) atoms. The predicted octanol–water partition coefficient (Wildman–Crippen LogP) is 4.93. The number of anilines is 1. The normalized spacial score (nSPS) is 11.3. The Bertz CT molecular complexity index is 1000. The van der Waals surface area contributed by atoms with Gasteiger partial charge in [0.05, 0.1) is 21.8 Å². The lowest BCUT2D eigenvalue weighted by molar-refractivity contribution is -0.116. The first kappa shape index (κ1) is 18.5. The number of fused-ring (bicyclic) bond motifs is 1. The number of nitrogens with zero attached hydrogens (tertiary/aromatic N) is 3. The van der Waals surface area contributed by atoms with Gasteiger partial charge in [0.2, 0.25) is 5.91 Å². The molecule has 136 valence electrons. The van der Waals surface area contributed by atoms with E-state index in [0.717, 1.165) is 0 Å². The van der Waals surface area contributed by atoms with Crippen LogP contribution in [0.4, 0.5) is 14.5 Å². The highest BCUT2D eigenvalue weighted by Gasteiger charge is 2.20. The Labute approximate surface area is 157 Å². The molecule has 5 nitrogen and oxygen atoms in total. The molecule has 0 radical (unpaired) electrons. The van der Waals surface area contributed by atoms with Crippen molar-refractivity contribution in [2.24, 2.45) is 0 Å². The summed E-state index contributed by atoms with van der Waals surface area (Å²) in [6, 6.07) is 6.01. The second kappa shape index (κ2) is 7.17. The maximum atomic E-state index is 13.3. The molecule has 3 rings (SSSR count). The minimum Gasteiger partial charge on any atom is -0.323 e. The third-order valence-electron chi connectivity index (χ3n) is 3.77. The Hall–Kier alpha value is -2.25. The molecule has 0 atom stereocenters. The summed E-state index contributed by atoms with van der Waals surface area (Å²) in [4.78, 5) is 16.6. The fourth-order valence-corrected chi connectivity index (χ4v) is 3.17. The van der Waals surface area contributed by atoms with Gasteiger partial charge in [0.15, 0.2) is 5.65 Å². The van der Waals surface area contributed by atoms with Crippen molar-refractivity contribution in [1.29, 1.82) is 0 Å². The standard InChI is InChI=1S/C17H14Cl2F2N4O/c1-8-5-11(16(20)21)15-9(2)24-25(17(15)22-8)7-14(26)23-13-4-3-10(18)6-12(13)19/h3-6,16H,7H2,1-2H3,(H,23,26). The monoisotopic (exact) mass is 398 g/mol. The molecule has 0 aliphatic heterocycles. The van der Waals surface area contributed by atoms with E-state index in [9.17, 15) is 13.6 Å². The number of aromatic nitrogens is 3. The molecule has 0 unspecified atom stereocenters. The van der Waals surface area contributed by atoms with Gasteiger partial charge >= 0.3 is 0 Å². The lowest BCUT2D eigenvalue weighted by Gasteiger charge is -2.09. The topological polar surface area (TPSA) is 59.8 Å². The number of nitrogens with one attached hydrogen (secondary N) is 1. The zero-order valence-electron chi connectivity index (χ0n) is 13.9. The molecule has 1 N–H and O–H groups in total. The number of benzene rings is 1. The van der Waals surface area contributed by atoms with E-state index in [1.807, 2.05) is 0 Å². The lowest BCUT2D eigenvalue weighted by atomic mass is 10.1. The fraction of sp³-hybridized carbons (Fsp3) is 0.235. The van der Waals surface area contributed by atoms with Crippen molar-refractivity contribution >= 4 is 45.8 Å². The van der Waals surface area contributed by atoms with Gasteiger partial charge in [0.25, 0.3) is 6.43 Å². The van der Waals surface area contributed by atoms with Crippen LogP contribution in [0.3, 0.4) is 0 Å². The first-order valence-corrected chi connectivity index (χ1v) is 8.39. The Balaban J connectivity index is 1.92. The number of amides is 1. The van der Waals surface area contributed by atoms with Crippen LogP contribution in [0, 0.1) is 13.8 Å². The summed E-state index contributed by atoms with van der Waals surface area (Å²) >= 11 is 11.9. The van der Waals surface area contributed by atoms with Crippen molar-refractivity contribution in [3.8, 4) is 0 Å². The van der Waals surface area contributed by atoms with Crippen molar-refractivity contribution in [2.45, 2.75) is 26.8 Å². The quantitative estimate of drug-likeness (QED) is 0.677. The highest BCUT2D eigenvalue weighted by Crippen LogP contribution is 2.30. The summed E-state index contributed by atoms with van der Waals surface area (Å²) in [5.74, 6) is -0.416. The molecule has 0 saturated carbocycles. The van der Waals surface area contributed by atoms with Crippen LogP contribution in [0.25, 0.3) is 11.0 Å². The van der Waals surface area contributed by atoms with Crippen molar-refractivity contribution in [2.75, 3.05) is 5.32 Å². The number of rotatable bonds is 4. The lowest BCUT2D eigenvalue weighted by Crippen LogP contribution is -2.20. The SMILES string of the molecule is Cc1cc(C(F)F)c2c(C)nn(CC(=O)Nc3ccc(Cl)cc3Cl)c2n1. The van der Waals surface area contributed by atoms with E-state index in [1.165, 1.54) is 16.8 Å². The van der Waals surface area contributed by atoms with Crippen LogP contribution in [-0.2, 0) is 11.3 Å². The van der Waals surface area contributed by atoms with Crippen molar-refractivity contribution in [3.05, 3.63) is 51.3 Å². The number of halogens is 4. The molecular formula is C17H14Cl2F2N4O. The number of hydrogen-bond acceptors (Lipinski definition) is 3. The minimum absolute atomic E-state index is 0.141. The van der Waals surface area contributed by atoms with Crippen LogP contribution in [-0.4, -0.2) is 20.7 Å². The summed E-state index contributed by atoms with van der Waals surface area (Å²) in [6.45, 7) is 3.03. The molecule has 9 heteroatoms. The molecule has 2 aromatic heterocycles. The largest absolute Gasteiger partial charge is 0.323 e. The molecule has 0 aliphatic carbocycles. The highest BCUT2D eigenvalue weighted by molar-refractivity contribution is 6.36. The first-order valence-electron chi connectivity index (χ1n) is 7.64. The van der Waals surface area contributed by atoms with E-state index in [4.69, 9.17) is 23.2 Å². The average molecular weight is 399 g/mol. The fourth-order valence-electron chi connectivity index (χ4n) is 2.72. The van der Waals surface area contributed by atoms with Crippen LogP contribution < -0.4 is 5.32 Å². The second-order valence-corrected chi connectivity index (χ2v) is 6.61. The molecule has 0 aliphatic rings. The number of hydrogen-bond donors (Lipinski definition) is 1. The van der Waals surface area contributed by atoms with Crippen LogP contribution in [0.15, 0.2) is 24.3 Å². The molecule has 1 aromatic carbocycles. The minimum atomic E-state index is -2.66. The summed E-state index contributed by atoms with van der Waals surface area (Å²) in [5.41, 5.74) is 1.31. The number of carbonyl (C=O) groups is 1. The molecule has 0 spiro atoms. The van der Waals surface area contributed by atoms with E-state index < -0.39 is 12.3 Å². The third kappa shape index (κ3) is 3.64. The molecule has 0 saturated heterocycles. The number of alkyl halides is 2. The zero-order chi connectivity index (χ0) is 19.0. The number of carbonyl (C=O) groups excluding carboxylic acids is 1. The molecule has 2 heterocycles. The third-order valence-corrected chi connectivity index (χ3v) is 4.32. The molecular weight excluding hydrogens is 385 g/mol. The Morgan fingerprint density at radius 1 is 1.27 bits per heavy atom. The van der Waals surface area contributed by atoms with Crippen LogP contribution in [0.5, 0.6) is 0 Å². The van der Waals surface area contributed by atoms with E-state index in [0.29, 0.717) is 27.1 Å². The maximum Gasteiger partial charge on any atom is 0.264 e. The summed E-state index contributed by atoms with van der Waals surface area (Å²) in [7, 11) is 0. The number of pyridine rings is 1. The predicted molar refractivity (Wildman–Crippen MR) is 97.1 cm³/mol. The molecule has 0 fully saturated rings. The Morgan fingerprint density at radius 2 is 2.00 bits per heavy atom. The first-order chi connectivity index (χ1) is 12.3. The van der Waals surface area contributed by atoms with Gasteiger partial charge in [-0.3, -0.25) is 4.79 Å². The second-order valence-electron chi connectivity index (χ2n) is 5.77. The van der Waals surface area contributed by atoms with Gasteiger partial charge in [-0.1, -0.05) is 23.2 Å². The van der Waals surface area contributed by atoms with Crippen molar-refractivity contribution in [1.82, 2.24) is 14.8 Å². The van der Waals surface area contributed by atoms with Crippen molar-refractivity contribution in [3.63, 3.8) is 0 Å². The van der Waals surface area contributed by atoms with Gasteiger partial charge in [-0.2, -0.15) is 5.10 Å². The summed E-state index contributed by atoms with van der Waals surface area (Å²) < 4.78 is 28.0. The van der Waals surface area contributed by atoms with E-state index >= 15 is 0 Å². The van der Waals surface area contributed by atoms with E-state index in [1.54, 1.807) is 26.0 Å². The van der Waals surface area contributed by atoms with Gasteiger partial charge < -0.3 is 5.32 Å². The molecule has 0 bridgehead atoms. The van der Waals surface area contributed by atoms with Crippen LogP contribution in [0.1, 0.15) is 23.4 Å². The Morgan fingerprint density at radius 3 is 2.65 bits per heavy atom. The van der Waals surface area contributed by atoms with E-state index in [-0.39, 0.29) is 23.1 Å². The average Bonchev–Trinajstić information content (AvgIpc) is 2.85. The van der Waals surface area contributed by atoms with Gasteiger partial charge in [-0.05, 0) is 38.1 Å². The smallest absolute Gasteiger partial charge is 0.264 e. The molecule has 3 aromatic rings. The highest BCUT2D eigenvalue weighted by atomic mass is 35.5. The van der Waals surface area contributed by atoms with Gasteiger partial charge in [0, 0.05) is 16.3 Å².